The predicted molar refractivity (Wildman–Crippen MR) is 97.4 cm³/mol. The lowest BCUT2D eigenvalue weighted by Gasteiger charge is -2.19. The van der Waals surface area contributed by atoms with Crippen molar-refractivity contribution in [3.63, 3.8) is 0 Å². The standard InChI is InChI=1S/C18H27N5O/c1-18(2,3)23-15-14(12-20-23)16(24)22-17(21-15)19-11-10-13-8-6-4-5-7-9-13/h8,12H,4-7,9-11H2,1-3H3,(H2,19,21,22,24). The third-order valence-electron chi connectivity index (χ3n) is 4.45. The minimum Gasteiger partial charge on any atom is -0.355 e. The van der Waals surface area contributed by atoms with E-state index in [0.717, 1.165) is 13.0 Å². The normalized spacial score (nSPS) is 16.0. The second kappa shape index (κ2) is 6.79. The molecule has 0 bridgehead atoms. The van der Waals surface area contributed by atoms with Gasteiger partial charge in [0.15, 0.2) is 5.65 Å². The van der Waals surface area contributed by atoms with E-state index in [4.69, 9.17) is 0 Å². The van der Waals surface area contributed by atoms with Crippen LogP contribution in [0, 0.1) is 0 Å². The molecule has 6 heteroatoms. The second-order valence-electron chi connectivity index (χ2n) is 7.52. The van der Waals surface area contributed by atoms with Gasteiger partial charge in [-0.2, -0.15) is 10.1 Å². The van der Waals surface area contributed by atoms with E-state index >= 15 is 0 Å². The highest BCUT2D eigenvalue weighted by Gasteiger charge is 2.19. The Kier molecular flexibility index (Phi) is 4.73. The molecule has 0 aromatic carbocycles. The number of fused-ring (bicyclic) bond motifs is 1. The third kappa shape index (κ3) is 3.68. The highest BCUT2D eigenvalue weighted by atomic mass is 16.1. The number of H-pyrrole nitrogens is 1. The molecule has 0 fully saturated rings. The van der Waals surface area contributed by atoms with Gasteiger partial charge in [0.1, 0.15) is 5.39 Å². The molecule has 24 heavy (non-hydrogen) atoms. The van der Waals surface area contributed by atoms with Crippen LogP contribution in [0.3, 0.4) is 0 Å². The maximum atomic E-state index is 12.2. The Morgan fingerprint density at radius 3 is 2.92 bits per heavy atom. The Hall–Kier alpha value is -2.11. The molecule has 3 rings (SSSR count). The molecule has 0 spiro atoms. The summed E-state index contributed by atoms with van der Waals surface area (Å²) in [6.45, 7) is 6.93. The second-order valence-corrected chi connectivity index (χ2v) is 7.52. The fourth-order valence-electron chi connectivity index (χ4n) is 3.14. The quantitative estimate of drug-likeness (QED) is 0.841. The highest BCUT2D eigenvalue weighted by Crippen LogP contribution is 2.20. The average molecular weight is 329 g/mol. The lowest BCUT2D eigenvalue weighted by Crippen LogP contribution is -2.24. The van der Waals surface area contributed by atoms with Gasteiger partial charge in [-0.3, -0.25) is 9.78 Å². The fourth-order valence-corrected chi connectivity index (χ4v) is 3.14. The van der Waals surface area contributed by atoms with E-state index < -0.39 is 0 Å². The molecule has 6 nitrogen and oxygen atoms in total. The zero-order valence-electron chi connectivity index (χ0n) is 14.9. The van der Waals surface area contributed by atoms with Crippen molar-refractivity contribution in [2.45, 2.75) is 64.8 Å². The van der Waals surface area contributed by atoms with Crippen molar-refractivity contribution in [2.24, 2.45) is 0 Å². The van der Waals surface area contributed by atoms with E-state index in [9.17, 15) is 4.79 Å². The molecule has 0 saturated carbocycles. The van der Waals surface area contributed by atoms with Crippen LogP contribution in [-0.2, 0) is 5.54 Å². The number of hydrogen-bond acceptors (Lipinski definition) is 4. The van der Waals surface area contributed by atoms with Gasteiger partial charge >= 0.3 is 0 Å². The SMILES string of the molecule is CC(C)(C)n1ncc2c(=O)[nH]c(NCCC3=CCCCCC3)nc21. The Bertz CT molecular complexity index is 794. The van der Waals surface area contributed by atoms with Crippen molar-refractivity contribution in [2.75, 3.05) is 11.9 Å². The minimum absolute atomic E-state index is 0.147. The van der Waals surface area contributed by atoms with Crippen LogP contribution >= 0.6 is 0 Å². The number of nitrogens with one attached hydrogen (secondary N) is 2. The Morgan fingerprint density at radius 1 is 1.29 bits per heavy atom. The van der Waals surface area contributed by atoms with Gasteiger partial charge in [-0.1, -0.05) is 18.1 Å². The van der Waals surface area contributed by atoms with Crippen molar-refractivity contribution in [1.82, 2.24) is 19.7 Å². The maximum Gasteiger partial charge on any atom is 0.263 e. The predicted octanol–water partition coefficient (Wildman–Crippen LogP) is 3.57. The van der Waals surface area contributed by atoms with Gasteiger partial charge in [0.05, 0.1) is 11.7 Å². The number of aromatic nitrogens is 4. The number of nitrogens with zero attached hydrogens (tertiary/aromatic N) is 3. The number of hydrogen-bond donors (Lipinski definition) is 2. The summed E-state index contributed by atoms with van der Waals surface area (Å²) in [5.74, 6) is 0.521. The lowest BCUT2D eigenvalue weighted by atomic mass is 10.1. The van der Waals surface area contributed by atoms with E-state index in [1.165, 1.54) is 37.7 Å². The van der Waals surface area contributed by atoms with Gasteiger partial charge in [-0.15, -0.1) is 0 Å². The minimum atomic E-state index is -0.217. The number of aromatic amines is 1. The van der Waals surface area contributed by atoms with Crippen LogP contribution in [0.1, 0.15) is 59.3 Å². The molecule has 2 aromatic rings. The highest BCUT2D eigenvalue weighted by molar-refractivity contribution is 5.74. The summed E-state index contributed by atoms with van der Waals surface area (Å²) < 4.78 is 1.80. The van der Waals surface area contributed by atoms with Crippen molar-refractivity contribution in [3.8, 4) is 0 Å². The van der Waals surface area contributed by atoms with Crippen LogP contribution in [0.5, 0.6) is 0 Å². The molecule has 2 heterocycles. The molecule has 0 amide bonds. The van der Waals surface area contributed by atoms with Crippen LogP contribution in [0.25, 0.3) is 11.0 Å². The number of allylic oxidation sites excluding steroid dienone is 1. The topological polar surface area (TPSA) is 75.6 Å². The molecular weight excluding hydrogens is 302 g/mol. The van der Waals surface area contributed by atoms with Crippen LogP contribution < -0.4 is 10.9 Å². The summed E-state index contributed by atoms with van der Waals surface area (Å²) in [4.78, 5) is 19.6. The molecular formula is C18H27N5O. The smallest absolute Gasteiger partial charge is 0.263 e. The van der Waals surface area contributed by atoms with Gasteiger partial charge in [-0.25, -0.2) is 4.68 Å². The lowest BCUT2D eigenvalue weighted by molar-refractivity contribution is 0.366. The van der Waals surface area contributed by atoms with Crippen molar-refractivity contribution >= 4 is 17.0 Å². The molecule has 0 unspecified atom stereocenters. The third-order valence-corrected chi connectivity index (χ3v) is 4.45. The largest absolute Gasteiger partial charge is 0.355 e. The van der Waals surface area contributed by atoms with Gasteiger partial charge in [-0.05, 0) is 52.9 Å². The van der Waals surface area contributed by atoms with E-state index in [2.05, 4.69) is 26.5 Å². The molecule has 2 N–H and O–H groups in total. The first kappa shape index (κ1) is 16.7. The van der Waals surface area contributed by atoms with Crippen molar-refractivity contribution in [3.05, 3.63) is 28.2 Å². The maximum absolute atomic E-state index is 12.2. The zero-order valence-corrected chi connectivity index (χ0v) is 14.9. The van der Waals surface area contributed by atoms with Crippen LogP contribution in [0.15, 0.2) is 22.6 Å². The Labute approximate surface area is 142 Å². The molecule has 0 aliphatic heterocycles. The summed E-state index contributed by atoms with van der Waals surface area (Å²) in [6.07, 6.45) is 11.3. The first-order valence-corrected chi connectivity index (χ1v) is 8.85. The van der Waals surface area contributed by atoms with Crippen LogP contribution in [0.2, 0.25) is 0 Å². The van der Waals surface area contributed by atoms with Crippen molar-refractivity contribution in [1.29, 1.82) is 0 Å². The summed E-state index contributed by atoms with van der Waals surface area (Å²) in [7, 11) is 0. The monoisotopic (exact) mass is 329 g/mol. The van der Waals surface area contributed by atoms with Crippen LogP contribution in [-0.4, -0.2) is 26.3 Å². The van der Waals surface area contributed by atoms with E-state index in [1.54, 1.807) is 10.9 Å². The molecule has 130 valence electrons. The number of anilines is 1. The average Bonchev–Trinajstić information content (AvgIpc) is 2.78. The summed E-state index contributed by atoms with van der Waals surface area (Å²) in [5.41, 5.74) is 1.78. The number of rotatable bonds is 4. The van der Waals surface area contributed by atoms with E-state index in [0.29, 0.717) is 17.0 Å². The molecule has 0 radical (unpaired) electrons. The summed E-state index contributed by atoms with van der Waals surface area (Å²) in [5, 5.41) is 8.12. The Balaban J connectivity index is 1.75. The molecule has 0 atom stereocenters. The summed E-state index contributed by atoms with van der Waals surface area (Å²) in [6, 6.07) is 0. The Morgan fingerprint density at radius 2 is 2.12 bits per heavy atom. The van der Waals surface area contributed by atoms with Crippen LogP contribution in [0.4, 0.5) is 5.95 Å². The van der Waals surface area contributed by atoms with E-state index in [-0.39, 0.29) is 11.1 Å². The summed E-state index contributed by atoms with van der Waals surface area (Å²) >= 11 is 0. The first-order chi connectivity index (χ1) is 11.4. The molecule has 1 aliphatic rings. The van der Waals surface area contributed by atoms with E-state index in [1.807, 2.05) is 20.8 Å². The zero-order chi connectivity index (χ0) is 17.2. The molecule has 1 aliphatic carbocycles. The fraction of sp³-hybridized carbons (Fsp3) is 0.611. The first-order valence-electron chi connectivity index (χ1n) is 8.85. The molecule has 0 saturated heterocycles. The molecule has 2 aromatic heterocycles. The van der Waals surface area contributed by atoms with Gasteiger partial charge < -0.3 is 5.32 Å². The van der Waals surface area contributed by atoms with Gasteiger partial charge in [0.2, 0.25) is 5.95 Å². The van der Waals surface area contributed by atoms with Gasteiger partial charge in [0.25, 0.3) is 5.56 Å². The van der Waals surface area contributed by atoms with Crippen molar-refractivity contribution < 1.29 is 0 Å². The van der Waals surface area contributed by atoms with Gasteiger partial charge in [0, 0.05) is 6.54 Å².